The van der Waals surface area contributed by atoms with E-state index >= 15 is 0 Å². The Morgan fingerprint density at radius 3 is 2.71 bits per heavy atom. The van der Waals surface area contributed by atoms with Gasteiger partial charge in [0.2, 0.25) is 0 Å². The molecule has 0 spiro atoms. The number of nitrogens with two attached hydrogens (primary N) is 1. The van der Waals surface area contributed by atoms with Crippen molar-refractivity contribution < 1.29 is 9.47 Å². The first-order valence-corrected chi connectivity index (χ1v) is 9.11. The van der Waals surface area contributed by atoms with Gasteiger partial charge >= 0.3 is 0 Å². The summed E-state index contributed by atoms with van der Waals surface area (Å²) in [4.78, 5) is 2.42. The average molecular weight is 389 g/mol. The zero-order chi connectivity index (χ0) is 16.5. The summed E-state index contributed by atoms with van der Waals surface area (Å²) in [5, 5.41) is 0. The highest BCUT2D eigenvalue weighted by Crippen LogP contribution is 2.39. The van der Waals surface area contributed by atoms with Crippen LogP contribution in [0.1, 0.15) is 17.0 Å². The topological polar surface area (TPSA) is 47.7 Å². The Balaban J connectivity index is 1.49. The van der Waals surface area contributed by atoms with Gasteiger partial charge in [-0.25, -0.2) is 0 Å². The Bertz CT molecular complexity index is 723. The van der Waals surface area contributed by atoms with E-state index in [9.17, 15) is 0 Å². The number of hydrogen-bond acceptors (Lipinski definition) is 4. The Kier molecular flexibility index (Phi) is 4.48. The van der Waals surface area contributed by atoms with E-state index < -0.39 is 0 Å². The van der Waals surface area contributed by atoms with Crippen LogP contribution in [-0.4, -0.2) is 37.2 Å². The molecule has 0 aliphatic carbocycles. The summed E-state index contributed by atoms with van der Waals surface area (Å²) in [6, 6.07) is 15.0. The van der Waals surface area contributed by atoms with Crippen LogP contribution in [0.15, 0.2) is 46.9 Å². The molecule has 2 aromatic carbocycles. The lowest BCUT2D eigenvalue weighted by Gasteiger charge is -2.22. The third-order valence-corrected chi connectivity index (χ3v) is 5.32. The summed E-state index contributed by atoms with van der Waals surface area (Å²) in [7, 11) is 0. The van der Waals surface area contributed by atoms with Crippen molar-refractivity contribution in [1.82, 2.24) is 4.90 Å². The summed E-state index contributed by atoms with van der Waals surface area (Å²) in [5.74, 6) is 2.03. The number of halogens is 1. The van der Waals surface area contributed by atoms with Crippen molar-refractivity contribution in [2.45, 2.75) is 18.5 Å². The predicted molar refractivity (Wildman–Crippen MR) is 97.6 cm³/mol. The molecule has 4 nitrogen and oxygen atoms in total. The van der Waals surface area contributed by atoms with Gasteiger partial charge in [-0.2, -0.15) is 0 Å². The van der Waals surface area contributed by atoms with Crippen LogP contribution < -0.4 is 15.2 Å². The van der Waals surface area contributed by atoms with Gasteiger partial charge in [-0.15, -0.1) is 0 Å². The fourth-order valence-corrected chi connectivity index (χ4v) is 4.21. The van der Waals surface area contributed by atoms with E-state index in [-0.39, 0.29) is 6.04 Å². The maximum absolute atomic E-state index is 6.40. The summed E-state index contributed by atoms with van der Waals surface area (Å²) < 4.78 is 12.3. The first kappa shape index (κ1) is 15.9. The number of rotatable bonds is 3. The molecule has 0 radical (unpaired) electrons. The lowest BCUT2D eigenvalue weighted by Crippen LogP contribution is -2.28. The van der Waals surface area contributed by atoms with E-state index in [1.165, 1.54) is 11.1 Å². The van der Waals surface area contributed by atoms with Crippen LogP contribution in [0.2, 0.25) is 0 Å². The van der Waals surface area contributed by atoms with Crippen molar-refractivity contribution in [3.05, 3.63) is 58.1 Å². The van der Waals surface area contributed by atoms with Crippen LogP contribution in [0.25, 0.3) is 0 Å². The van der Waals surface area contributed by atoms with Gasteiger partial charge in [0.15, 0.2) is 11.5 Å². The van der Waals surface area contributed by atoms with E-state index in [0.717, 1.165) is 35.6 Å². The largest absolute Gasteiger partial charge is 0.486 e. The van der Waals surface area contributed by atoms with E-state index in [1.807, 2.05) is 0 Å². The molecule has 126 valence electrons. The molecule has 2 aromatic rings. The molecule has 0 unspecified atom stereocenters. The van der Waals surface area contributed by atoms with Gasteiger partial charge in [0.25, 0.3) is 0 Å². The van der Waals surface area contributed by atoms with Gasteiger partial charge in [-0.3, -0.25) is 4.90 Å². The van der Waals surface area contributed by atoms with Crippen LogP contribution in [0.5, 0.6) is 11.5 Å². The van der Waals surface area contributed by atoms with Gasteiger partial charge < -0.3 is 15.2 Å². The molecule has 2 heterocycles. The van der Waals surface area contributed by atoms with Crippen LogP contribution >= 0.6 is 15.9 Å². The average Bonchev–Trinajstić information content (AvgIpc) is 2.96. The summed E-state index contributed by atoms with van der Waals surface area (Å²) in [6.07, 6.45) is 0. The van der Waals surface area contributed by atoms with Crippen molar-refractivity contribution in [2.75, 3.05) is 26.3 Å². The van der Waals surface area contributed by atoms with Crippen LogP contribution in [0.4, 0.5) is 0 Å². The number of fused-ring (bicyclic) bond motifs is 1. The van der Waals surface area contributed by atoms with Crippen LogP contribution in [0.3, 0.4) is 0 Å². The number of likely N-dealkylation sites (tertiary alicyclic amines) is 1. The van der Waals surface area contributed by atoms with Gasteiger partial charge in [0.05, 0.1) is 4.47 Å². The number of ether oxygens (including phenoxy) is 2. The molecule has 2 aliphatic rings. The van der Waals surface area contributed by atoms with Crippen molar-refractivity contribution in [3.63, 3.8) is 0 Å². The van der Waals surface area contributed by atoms with Crippen LogP contribution in [0, 0.1) is 0 Å². The first-order chi connectivity index (χ1) is 11.7. The first-order valence-electron chi connectivity index (χ1n) is 8.31. The van der Waals surface area contributed by atoms with Crippen molar-refractivity contribution in [3.8, 4) is 11.5 Å². The van der Waals surface area contributed by atoms with Crippen molar-refractivity contribution in [2.24, 2.45) is 5.73 Å². The molecule has 1 saturated heterocycles. The monoisotopic (exact) mass is 388 g/mol. The lowest BCUT2D eigenvalue weighted by atomic mass is 9.95. The minimum atomic E-state index is 0.174. The SMILES string of the molecule is N[C@@H]1CN(Cc2cc(Br)c3c(c2)OCCO3)C[C@H]1c1ccccc1. The van der Waals surface area contributed by atoms with Crippen molar-refractivity contribution in [1.29, 1.82) is 0 Å². The van der Waals surface area contributed by atoms with Gasteiger partial charge in [-0.1, -0.05) is 30.3 Å². The van der Waals surface area contributed by atoms with E-state index in [1.54, 1.807) is 0 Å². The Morgan fingerprint density at radius 2 is 1.88 bits per heavy atom. The molecular weight excluding hydrogens is 368 g/mol. The Hall–Kier alpha value is -1.56. The Labute approximate surface area is 150 Å². The summed E-state index contributed by atoms with van der Waals surface area (Å²) in [6.45, 7) is 3.97. The van der Waals surface area contributed by atoms with Gasteiger partial charge in [-0.05, 0) is 39.2 Å². The predicted octanol–water partition coefficient (Wildman–Crippen LogP) is 3.15. The number of hydrogen-bond donors (Lipinski definition) is 1. The number of nitrogens with zero attached hydrogens (tertiary/aromatic N) is 1. The third kappa shape index (κ3) is 3.16. The fourth-order valence-electron chi connectivity index (χ4n) is 3.61. The second kappa shape index (κ2) is 6.75. The second-order valence-electron chi connectivity index (χ2n) is 6.48. The van der Waals surface area contributed by atoms with E-state index in [2.05, 4.69) is 63.3 Å². The van der Waals surface area contributed by atoms with Gasteiger partial charge in [0, 0.05) is 31.6 Å². The van der Waals surface area contributed by atoms with E-state index in [4.69, 9.17) is 15.2 Å². The van der Waals surface area contributed by atoms with Gasteiger partial charge in [0.1, 0.15) is 13.2 Å². The molecule has 0 bridgehead atoms. The molecule has 2 atom stereocenters. The van der Waals surface area contributed by atoms with Crippen LogP contribution in [-0.2, 0) is 6.54 Å². The summed E-state index contributed by atoms with van der Waals surface area (Å²) in [5.41, 5.74) is 8.94. The highest BCUT2D eigenvalue weighted by atomic mass is 79.9. The molecule has 4 rings (SSSR count). The molecule has 0 aromatic heterocycles. The quantitative estimate of drug-likeness (QED) is 0.876. The molecule has 24 heavy (non-hydrogen) atoms. The highest BCUT2D eigenvalue weighted by molar-refractivity contribution is 9.10. The zero-order valence-electron chi connectivity index (χ0n) is 13.5. The highest BCUT2D eigenvalue weighted by Gasteiger charge is 2.31. The van der Waals surface area contributed by atoms with Crippen molar-refractivity contribution >= 4 is 15.9 Å². The third-order valence-electron chi connectivity index (χ3n) is 4.73. The Morgan fingerprint density at radius 1 is 1.08 bits per heavy atom. The number of benzene rings is 2. The minimum Gasteiger partial charge on any atom is -0.486 e. The standard InChI is InChI=1S/C19H21BrN2O2/c20-16-8-13(9-18-19(16)24-7-6-23-18)10-22-11-15(17(21)12-22)14-4-2-1-3-5-14/h1-5,8-9,15,17H,6-7,10-12,21H2/t15-,17+/m0/s1. The molecule has 0 amide bonds. The second-order valence-corrected chi connectivity index (χ2v) is 7.33. The maximum Gasteiger partial charge on any atom is 0.175 e. The normalized spacial score (nSPS) is 23.4. The summed E-state index contributed by atoms with van der Waals surface area (Å²) >= 11 is 3.59. The smallest absolute Gasteiger partial charge is 0.175 e. The van der Waals surface area contributed by atoms with E-state index in [0.29, 0.717) is 19.1 Å². The zero-order valence-corrected chi connectivity index (χ0v) is 15.0. The molecular formula is C19H21BrN2O2. The molecule has 2 N–H and O–H groups in total. The minimum absolute atomic E-state index is 0.174. The molecule has 5 heteroatoms. The lowest BCUT2D eigenvalue weighted by molar-refractivity contribution is 0.170. The fraction of sp³-hybridized carbons (Fsp3) is 0.368. The molecule has 0 saturated carbocycles. The molecule has 2 aliphatic heterocycles. The maximum atomic E-state index is 6.40. The molecule has 1 fully saturated rings.